The predicted octanol–water partition coefficient (Wildman–Crippen LogP) is 3.43. The Bertz CT molecular complexity index is 462. The average Bonchev–Trinajstić information content (AvgIpc) is 2.35. The number of phenolic OH excluding ortho intramolecular Hbond substituents is 4. The summed E-state index contributed by atoms with van der Waals surface area (Å²) in [7, 11) is 0. The third kappa shape index (κ3) is 3.82. The van der Waals surface area contributed by atoms with Gasteiger partial charge in [-0.2, -0.15) is 0 Å². The van der Waals surface area contributed by atoms with Gasteiger partial charge in [0.15, 0.2) is 0 Å². The summed E-state index contributed by atoms with van der Waals surface area (Å²) in [6.45, 7) is 6.98. The van der Waals surface area contributed by atoms with Gasteiger partial charge >= 0.3 is 0 Å². The van der Waals surface area contributed by atoms with E-state index in [0.29, 0.717) is 22.3 Å². The van der Waals surface area contributed by atoms with E-state index in [1.165, 1.54) is 0 Å². The molecule has 2 rings (SSSR count). The summed E-state index contributed by atoms with van der Waals surface area (Å²) in [5.74, 6) is 0.927. The van der Waals surface area contributed by atoms with Gasteiger partial charge in [-0.15, -0.1) is 0 Å². The molecule has 0 unspecified atom stereocenters. The summed E-state index contributed by atoms with van der Waals surface area (Å²) in [4.78, 5) is 0. The van der Waals surface area contributed by atoms with Crippen LogP contribution in [0.1, 0.15) is 22.3 Å². The minimum Gasteiger partial charge on any atom is -0.508 e. The zero-order chi connectivity index (χ0) is 15.4. The molecule has 0 bridgehead atoms. The van der Waals surface area contributed by atoms with Gasteiger partial charge in [0.05, 0.1) is 0 Å². The van der Waals surface area contributed by atoms with E-state index in [-0.39, 0.29) is 23.0 Å². The number of rotatable bonds is 0. The second-order valence-electron chi connectivity index (χ2n) is 4.85. The monoisotopic (exact) mass is 276 g/mol. The van der Waals surface area contributed by atoms with E-state index < -0.39 is 0 Å². The van der Waals surface area contributed by atoms with Gasteiger partial charge in [-0.1, -0.05) is 0 Å². The minimum atomic E-state index is 0.232. The van der Waals surface area contributed by atoms with Gasteiger partial charge in [0, 0.05) is 0 Å². The van der Waals surface area contributed by atoms with Crippen LogP contribution >= 0.6 is 0 Å². The first-order valence-electron chi connectivity index (χ1n) is 6.20. The van der Waals surface area contributed by atoms with Crippen molar-refractivity contribution < 1.29 is 20.4 Å². The van der Waals surface area contributed by atoms with Gasteiger partial charge in [0.1, 0.15) is 23.0 Å². The molecule has 0 aliphatic heterocycles. The molecule has 0 spiro atoms. The number of hydrogen-bond donors (Lipinski definition) is 4. The largest absolute Gasteiger partial charge is 0.508 e. The molecule has 0 amide bonds. The fraction of sp³-hybridized carbons (Fsp3) is 0.250. The Kier molecular flexibility index (Phi) is 4.86. The maximum absolute atomic E-state index is 9.11. The molecule has 0 aliphatic carbocycles. The van der Waals surface area contributed by atoms with Crippen LogP contribution in [0.15, 0.2) is 24.3 Å². The Morgan fingerprint density at radius 1 is 0.450 bits per heavy atom. The highest BCUT2D eigenvalue weighted by Gasteiger charge is 2.00. The summed E-state index contributed by atoms with van der Waals surface area (Å²) in [6.07, 6.45) is 0. The average molecular weight is 276 g/mol. The van der Waals surface area contributed by atoms with E-state index in [4.69, 9.17) is 20.4 Å². The molecule has 0 fully saturated rings. The van der Waals surface area contributed by atoms with Gasteiger partial charge < -0.3 is 20.4 Å². The maximum atomic E-state index is 9.11. The van der Waals surface area contributed by atoms with Crippen molar-refractivity contribution in [2.24, 2.45) is 0 Å². The lowest BCUT2D eigenvalue weighted by atomic mass is 10.1. The molecule has 4 nitrogen and oxygen atoms in total. The molecular weight excluding hydrogens is 256 g/mol. The van der Waals surface area contributed by atoms with Gasteiger partial charge in [-0.25, -0.2) is 0 Å². The Labute approximate surface area is 118 Å². The standard InChI is InChI=1S/2C8H10O2/c2*1-5-3-8(10)6(2)4-7(5)9/h2*3-4,9-10H,1-2H3. The molecule has 0 aliphatic rings. The van der Waals surface area contributed by atoms with Crippen LogP contribution in [0.25, 0.3) is 0 Å². The highest BCUT2D eigenvalue weighted by molar-refractivity contribution is 5.44. The molecule has 4 N–H and O–H groups in total. The van der Waals surface area contributed by atoms with Gasteiger partial charge in [-0.3, -0.25) is 0 Å². The van der Waals surface area contributed by atoms with Crippen molar-refractivity contribution in [1.82, 2.24) is 0 Å². The molecule has 0 saturated heterocycles. The Balaban J connectivity index is 0.000000200. The van der Waals surface area contributed by atoms with Gasteiger partial charge in [0.25, 0.3) is 0 Å². The van der Waals surface area contributed by atoms with Crippen LogP contribution in [0.4, 0.5) is 0 Å². The molecular formula is C16H20O4. The van der Waals surface area contributed by atoms with Crippen molar-refractivity contribution in [3.63, 3.8) is 0 Å². The maximum Gasteiger partial charge on any atom is 0.119 e. The van der Waals surface area contributed by atoms with Crippen molar-refractivity contribution in [3.05, 3.63) is 46.5 Å². The summed E-state index contributed by atoms with van der Waals surface area (Å²) in [5.41, 5.74) is 2.79. The quantitative estimate of drug-likeness (QED) is 0.556. The number of aromatic hydroxyl groups is 4. The zero-order valence-corrected chi connectivity index (χ0v) is 12.1. The van der Waals surface area contributed by atoms with Crippen LogP contribution in [0.3, 0.4) is 0 Å². The lowest BCUT2D eigenvalue weighted by Crippen LogP contribution is -1.78. The Morgan fingerprint density at radius 3 is 0.750 bits per heavy atom. The number of phenols is 4. The summed E-state index contributed by atoms with van der Waals surface area (Å²) >= 11 is 0. The first-order valence-corrected chi connectivity index (χ1v) is 6.20. The van der Waals surface area contributed by atoms with Crippen LogP contribution in [0, 0.1) is 27.7 Å². The molecule has 0 heterocycles. The highest BCUT2D eigenvalue weighted by atomic mass is 16.3. The van der Waals surface area contributed by atoms with E-state index >= 15 is 0 Å². The van der Waals surface area contributed by atoms with Crippen molar-refractivity contribution in [1.29, 1.82) is 0 Å². The van der Waals surface area contributed by atoms with Gasteiger partial charge in [-0.05, 0) is 74.2 Å². The van der Waals surface area contributed by atoms with E-state index in [2.05, 4.69) is 0 Å². The number of aryl methyl sites for hydroxylation is 4. The summed E-state index contributed by atoms with van der Waals surface area (Å²) in [6, 6.07) is 6.19. The fourth-order valence-electron chi connectivity index (χ4n) is 1.57. The third-order valence-electron chi connectivity index (χ3n) is 3.03. The molecule has 20 heavy (non-hydrogen) atoms. The SMILES string of the molecule is Cc1cc(O)c(C)cc1O.Cc1cc(O)c(C)cc1O. The van der Waals surface area contributed by atoms with Crippen molar-refractivity contribution >= 4 is 0 Å². The topological polar surface area (TPSA) is 80.9 Å². The smallest absolute Gasteiger partial charge is 0.119 e. The first-order chi connectivity index (χ1) is 9.22. The van der Waals surface area contributed by atoms with Crippen LogP contribution in [-0.2, 0) is 0 Å². The molecule has 0 saturated carbocycles. The molecule has 2 aromatic rings. The predicted molar refractivity (Wildman–Crippen MR) is 78.5 cm³/mol. The van der Waals surface area contributed by atoms with Crippen molar-refractivity contribution in [2.45, 2.75) is 27.7 Å². The fourth-order valence-corrected chi connectivity index (χ4v) is 1.57. The molecule has 2 aromatic carbocycles. The molecule has 108 valence electrons. The molecule has 0 aromatic heterocycles. The van der Waals surface area contributed by atoms with Crippen molar-refractivity contribution in [2.75, 3.05) is 0 Å². The van der Waals surface area contributed by atoms with Crippen LogP contribution in [0.2, 0.25) is 0 Å². The Hall–Kier alpha value is -2.36. The third-order valence-corrected chi connectivity index (χ3v) is 3.03. The number of benzene rings is 2. The highest BCUT2D eigenvalue weighted by Crippen LogP contribution is 2.25. The molecule has 4 heteroatoms. The summed E-state index contributed by atoms with van der Waals surface area (Å²) in [5, 5.41) is 36.5. The normalized spacial score (nSPS) is 9.80. The minimum absolute atomic E-state index is 0.232. The van der Waals surface area contributed by atoms with E-state index in [9.17, 15) is 0 Å². The lowest BCUT2D eigenvalue weighted by molar-refractivity contribution is 0.453. The number of hydrogen-bond acceptors (Lipinski definition) is 4. The van der Waals surface area contributed by atoms with E-state index in [1.54, 1.807) is 52.0 Å². The van der Waals surface area contributed by atoms with E-state index in [1.807, 2.05) is 0 Å². The zero-order valence-electron chi connectivity index (χ0n) is 12.1. The van der Waals surface area contributed by atoms with Crippen LogP contribution in [-0.4, -0.2) is 20.4 Å². The first kappa shape index (κ1) is 15.7. The lowest BCUT2D eigenvalue weighted by Gasteiger charge is -2.01. The summed E-state index contributed by atoms with van der Waals surface area (Å²) < 4.78 is 0. The second kappa shape index (κ2) is 6.19. The second-order valence-corrected chi connectivity index (χ2v) is 4.85. The molecule has 0 radical (unpaired) electrons. The van der Waals surface area contributed by atoms with Gasteiger partial charge in [0.2, 0.25) is 0 Å². The van der Waals surface area contributed by atoms with Crippen molar-refractivity contribution in [3.8, 4) is 23.0 Å². The van der Waals surface area contributed by atoms with E-state index in [0.717, 1.165) is 0 Å². The van der Waals surface area contributed by atoms with Crippen LogP contribution in [0.5, 0.6) is 23.0 Å². The Morgan fingerprint density at radius 2 is 0.600 bits per heavy atom. The van der Waals surface area contributed by atoms with Crippen LogP contribution < -0.4 is 0 Å². The molecule has 0 atom stereocenters.